The van der Waals surface area contributed by atoms with Crippen molar-refractivity contribution in [1.82, 2.24) is 15.1 Å². The van der Waals surface area contributed by atoms with E-state index in [1.807, 2.05) is 6.07 Å². The minimum atomic E-state index is -4.86. The van der Waals surface area contributed by atoms with Gasteiger partial charge in [-0.25, -0.2) is 13.2 Å². The fraction of sp³-hybridized carbons (Fsp3) is 0.478. The molecule has 0 bridgehead atoms. The Bertz CT molecular complexity index is 1350. The van der Waals surface area contributed by atoms with Gasteiger partial charge in [0, 0.05) is 18.9 Å². The average molecular weight is 558 g/mol. The molecule has 206 valence electrons. The SMILES string of the molecule is CO[C@@H]1CC[C@@H](S(=O)(=O)c2ccc(-c3cnn(CC(N)=O)c3)cc2C(F)(F)F)C1.N#CC1(NC(=O)O)CC1. The number of methoxy groups -OCH3 is 1. The zero-order valence-corrected chi connectivity index (χ0v) is 21.1. The van der Waals surface area contributed by atoms with Crippen LogP contribution < -0.4 is 11.1 Å². The highest BCUT2D eigenvalue weighted by atomic mass is 32.2. The molecule has 0 saturated heterocycles. The third kappa shape index (κ3) is 6.81. The number of alkyl halides is 3. The molecule has 1 aromatic carbocycles. The van der Waals surface area contributed by atoms with Crippen LogP contribution in [0, 0.1) is 11.3 Å². The van der Waals surface area contributed by atoms with E-state index >= 15 is 0 Å². The van der Waals surface area contributed by atoms with Crippen molar-refractivity contribution >= 4 is 21.8 Å². The van der Waals surface area contributed by atoms with E-state index in [0.29, 0.717) is 24.8 Å². The molecule has 4 rings (SSSR count). The lowest BCUT2D eigenvalue weighted by Gasteiger charge is -2.18. The highest BCUT2D eigenvalue weighted by Crippen LogP contribution is 2.40. The molecule has 11 nitrogen and oxygen atoms in total. The lowest BCUT2D eigenvalue weighted by atomic mass is 10.1. The van der Waals surface area contributed by atoms with E-state index < -0.39 is 49.3 Å². The van der Waals surface area contributed by atoms with Crippen LogP contribution in [0.5, 0.6) is 0 Å². The van der Waals surface area contributed by atoms with Crippen LogP contribution in [0.25, 0.3) is 11.1 Å². The van der Waals surface area contributed by atoms with Crippen LogP contribution in [0.3, 0.4) is 0 Å². The van der Waals surface area contributed by atoms with Gasteiger partial charge in [0.25, 0.3) is 0 Å². The molecule has 2 fully saturated rings. The molecule has 0 spiro atoms. The molecule has 4 N–H and O–H groups in total. The Morgan fingerprint density at radius 2 is 2.00 bits per heavy atom. The van der Waals surface area contributed by atoms with E-state index in [9.17, 15) is 31.2 Å². The van der Waals surface area contributed by atoms with Gasteiger partial charge in [0.15, 0.2) is 9.84 Å². The molecule has 2 atom stereocenters. The Hall–Kier alpha value is -3.64. The first-order chi connectivity index (χ1) is 17.7. The maximum absolute atomic E-state index is 13.7. The Morgan fingerprint density at radius 3 is 2.47 bits per heavy atom. The first kappa shape index (κ1) is 28.9. The molecular weight excluding hydrogens is 531 g/mol. The Labute approximate surface area is 216 Å². The van der Waals surface area contributed by atoms with Crippen molar-refractivity contribution < 1.29 is 41.0 Å². The van der Waals surface area contributed by atoms with Gasteiger partial charge in [-0.05, 0) is 49.8 Å². The Morgan fingerprint density at radius 1 is 1.32 bits per heavy atom. The summed E-state index contributed by atoms with van der Waals surface area (Å²) >= 11 is 0. The number of carbonyl (C=O) groups is 2. The van der Waals surface area contributed by atoms with Gasteiger partial charge < -0.3 is 20.9 Å². The van der Waals surface area contributed by atoms with Crippen molar-refractivity contribution in [3.05, 3.63) is 36.2 Å². The summed E-state index contributed by atoms with van der Waals surface area (Å²) in [7, 11) is -2.73. The number of ether oxygens (including phenoxy) is 1. The van der Waals surface area contributed by atoms with Crippen LogP contribution >= 0.6 is 0 Å². The lowest BCUT2D eigenvalue weighted by Crippen LogP contribution is -2.33. The first-order valence-corrected chi connectivity index (χ1v) is 13.0. The molecule has 2 amide bonds. The Balaban J connectivity index is 0.000000375. The first-order valence-electron chi connectivity index (χ1n) is 11.4. The number of benzene rings is 1. The molecule has 38 heavy (non-hydrogen) atoms. The van der Waals surface area contributed by atoms with Crippen LogP contribution in [-0.4, -0.2) is 59.3 Å². The molecule has 15 heteroatoms. The summed E-state index contributed by atoms with van der Waals surface area (Å²) in [6.07, 6.45) is -1.40. The van der Waals surface area contributed by atoms with Gasteiger partial charge in [0.2, 0.25) is 5.91 Å². The van der Waals surface area contributed by atoms with Gasteiger partial charge in [-0.1, -0.05) is 6.07 Å². The topological polar surface area (TPSA) is 177 Å². The fourth-order valence-corrected chi connectivity index (χ4v) is 6.12. The molecule has 2 aromatic rings. The number of nitrogens with zero attached hydrogens (tertiary/aromatic N) is 3. The maximum Gasteiger partial charge on any atom is 0.417 e. The minimum absolute atomic E-state index is 0.133. The number of nitriles is 1. The lowest BCUT2D eigenvalue weighted by molar-refractivity contribution is -0.139. The van der Waals surface area contributed by atoms with E-state index in [1.54, 1.807) is 0 Å². The quantitative estimate of drug-likeness (QED) is 0.465. The smallest absolute Gasteiger partial charge is 0.417 e. The number of amides is 2. The van der Waals surface area contributed by atoms with Gasteiger partial charge in [-0.2, -0.15) is 23.5 Å². The minimum Gasteiger partial charge on any atom is -0.465 e. The van der Waals surface area contributed by atoms with Crippen LogP contribution in [0.1, 0.15) is 37.7 Å². The van der Waals surface area contributed by atoms with Crippen molar-refractivity contribution in [3.8, 4) is 17.2 Å². The predicted molar refractivity (Wildman–Crippen MR) is 126 cm³/mol. The van der Waals surface area contributed by atoms with Crippen LogP contribution in [0.15, 0.2) is 35.5 Å². The molecule has 2 saturated carbocycles. The zero-order valence-electron chi connectivity index (χ0n) is 20.2. The molecule has 0 unspecified atom stereocenters. The van der Waals surface area contributed by atoms with Gasteiger partial charge in [-0.3, -0.25) is 9.48 Å². The van der Waals surface area contributed by atoms with Crippen molar-refractivity contribution in [3.63, 3.8) is 0 Å². The van der Waals surface area contributed by atoms with E-state index in [2.05, 4.69) is 10.4 Å². The van der Waals surface area contributed by atoms with Crippen LogP contribution in [0.4, 0.5) is 18.0 Å². The van der Waals surface area contributed by atoms with E-state index in [0.717, 1.165) is 12.1 Å². The molecular formula is C23H26F3N5O6S. The van der Waals surface area contributed by atoms with Crippen molar-refractivity contribution in [2.24, 2.45) is 5.73 Å². The second-order valence-corrected chi connectivity index (χ2v) is 11.3. The second-order valence-electron chi connectivity index (χ2n) is 9.06. The van der Waals surface area contributed by atoms with Crippen LogP contribution in [-0.2, 0) is 32.1 Å². The summed E-state index contributed by atoms with van der Waals surface area (Å²) in [6, 6.07) is 4.97. The number of carbonyl (C=O) groups excluding carboxylic acids is 1. The summed E-state index contributed by atoms with van der Waals surface area (Å²) in [6.45, 7) is -0.221. The van der Waals surface area contributed by atoms with Crippen molar-refractivity contribution in [2.75, 3.05) is 7.11 Å². The summed E-state index contributed by atoms with van der Waals surface area (Å²) in [5.41, 5.74) is 3.56. The number of sulfone groups is 1. The number of nitrogens with one attached hydrogen (secondary N) is 1. The van der Waals surface area contributed by atoms with E-state index in [1.165, 1.54) is 30.3 Å². The van der Waals surface area contributed by atoms with Gasteiger partial charge >= 0.3 is 12.3 Å². The molecule has 1 heterocycles. The summed E-state index contributed by atoms with van der Waals surface area (Å²) < 4.78 is 73.3. The number of aromatic nitrogens is 2. The van der Waals surface area contributed by atoms with Crippen molar-refractivity contribution in [1.29, 1.82) is 5.26 Å². The summed E-state index contributed by atoms with van der Waals surface area (Å²) in [5.74, 6) is -0.650. The highest BCUT2D eigenvalue weighted by Gasteiger charge is 2.45. The second kappa shape index (κ2) is 11.0. The number of hydrogen-bond acceptors (Lipinski definition) is 7. The molecule has 1 aromatic heterocycles. The monoisotopic (exact) mass is 557 g/mol. The summed E-state index contributed by atoms with van der Waals surface area (Å²) in [4.78, 5) is 20.2. The largest absolute Gasteiger partial charge is 0.465 e. The molecule has 0 aliphatic heterocycles. The predicted octanol–water partition coefficient (Wildman–Crippen LogP) is 2.71. The standard InChI is InChI=1S/C18H20F3N3O4S.C5H6N2O2/c1-28-13-3-4-14(7-13)29(26,27)16-5-2-11(6-15(16)18(19,20)21)12-8-23-24(9-12)10-17(22)25;6-3-5(1-2-5)7-4(8)9/h2,5-6,8-9,13-14H,3-4,7,10H2,1H3,(H2,22,25);7H,1-2H2,(H,8,9)/t13-,14-;/m1./s1. The number of nitrogens with two attached hydrogens (primary N) is 1. The number of carboxylic acid groups (broad SMARTS) is 1. The van der Waals surface area contributed by atoms with Gasteiger partial charge in [-0.15, -0.1) is 0 Å². The third-order valence-corrected chi connectivity index (χ3v) is 8.57. The van der Waals surface area contributed by atoms with Gasteiger partial charge in [0.1, 0.15) is 12.1 Å². The molecule has 2 aliphatic rings. The van der Waals surface area contributed by atoms with E-state index in [4.69, 9.17) is 20.8 Å². The van der Waals surface area contributed by atoms with E-state index in [-0.39, 0.29) is 31.1 Å². The highest BCUT2D eigenvalue weighted by molar-refractivity contribution is 7.92. The fourth-order valence-electron chi connectivity index (χ4n) is 4.11. The Kier molecular flexibility index (Phi) is 8.37. The number of rotatable bonds is 7. The van der Waals surface area contributed by atoms with Crippen molar-refractivity contribution in [2.45, 2.75) is 66.6 Å². The molecule has 2 aliphatic carbocycles. The average Bonchev–Trinajstić information content (AvgIpc) is 3.21. The molecule has 0 radical (unpaired) electrons. The number of primary amides is 1. The zero-order chi connectivity index (χ0) is 28.3. The van der Waals surface area contributed by atoms with Crippen LogP contribution in [0.2, 0.25) is 0 Å². The maximum atomic E-state index is 13.7. The normalized spacial score (nSPS) is 20.1. The number of hydrogen-bond donors (Lipinski definition) is 3. The van der Waals surface area contributed by atoms with Gasteiger partial charge in [0.05, 0.1) is 34.1 Å². The summed E-state index contributed by atoms with van der Waals surface area (Å²) in [5, 5.41) is 21.6. The number of halogens is 3. The third-order valence-electron chi connectivity index (χ3n) is 6.29.